The van der Waals surface area contributed by atoms with Gasteiger partial charge in [-0.3, -0.25) is 9.78 Å². The third-order valence-electron chi connectivity index (χ3n) is 3.30. The quantitative estimate of drug-likeness (QED) is 0.935. The highest BCUT2D eigenvalue weighted by atomic mass is 16.1. The Hall–Kier alpha value is -2.67. The molecule has 2 aromatic rings. The summed E-state index contributed by atoms with van der Waals surface area (Å²) in [6, 6.07) is 12.6. The van der Waals surface area contributed by atoms with Gasteiger partial charge in [0.05, 0.1) is 28.9 Å². The van der Waals surface area contributed by atoms with E-state index in [1.165, 1.54) is 0 Å². The van der Waals surface area contributed by atoms with Crippen LogP contribution in [0.3, 0.4) is 0 Å². The Labute approximate surface area is 124 Å². The molecule has 0 saturated heterocycles. The maximum Gasteiger partial charge on any atom is 0.253 e. The van der Waals surface area contributed by atoms with Gasteiger partial charge in [-0.05, 0) is 37.1 Å². The molecule has 0 fully saturated rings. The topological polar surface area (TPSA) is 65.8 Å². The van der Waals surface area contributed by atoms with Gasteiger partial charge in [0.25, 0.3) is 5.91 Å². The lowest BCUT2D eigenvalue weighted by atomic mass is 10.1. The molecule has 0 saturated carbocycles. The molecule has 1 aromatic heterocycles. The largest absolute Gasteiger partial charge is 0.344 e. The zero-order valence-corrected chi connectivity index (χ0v) is 12.1. The zero-order chi connectivity index (χ0) is 15.2. The molecule has 21 heavy (non-hydrogen) atoms. The SMILES string of the molecule is CC[C@@H](NC(=O)c1ccccc1C#N)c1ccc(C)cn1. The summed E-state index contributed by atoms with van der Waals surface area (Å²) in [5.74, 6) is -0.249. The van der Waals surface area contributed by atoms with Gasteiger partial charge in [-0.2, -0.15) is 5.26 Å². The number of aromatic nitrogens is 1. The fraction of sp³-hybridized carbons (Fsp3) is 0.235. The van der Waals surface area contributed by atoms with Gasteiger partial charge in [0.1, 0.15) is 0 Å². The number of benzene rings is 1. The summed E-state index contributed by atoms with van der Waals surface area (Å²) in [6.45, 7) is 3.96. The molecule has 0 radical (unpaired) electrons. The van der Waals surface area contributed by atoms with Crippen LogP contribution >= 0.6 is 0 Å². The standard InChI is InChI=1S/C17H17N3O/c1-3-15(16-9-8-12(2)11-19-16)20-17(21)14-7-5-4-6-13(14)10-18/h4-9,11,15H,3H2,1-2H3,(H,20,21)/t15-/m1/s1. The number of amides is 1. The maximum atomic E-state index is 12.3. The van der Waals surface area contributed by atoms with E-state index in [4.69, 9.17) is 5.26 Å². The minimum absolute atomic E-state index is 0.162. The van der Waals surface area contributed by atoms with Crippen LogP contribution in [0.4, 0.5) is 0 Å². The summed E-state index contributed by atoms with van der Waals surface area (Å²) in [5.41, 5.74) is 2.67. The molecule has 1 amide bonds. The molecule has 1 N–H and O–H groups in total. The number of pyridine rings is 1. The molecule has 0 bridgehead atoms. The highest BCUT2D eigenvalue weighted by Crippen LogP contribution is 2.16. The summed E-state index contributed by atoms with van der Waals surface area (Å²) >= 11 is 0. The first kappa shape index (κ1) is 14.7. The van der Waals surface area contributed by atoms with Crippen LogP contribution in [0.5, 0.6) is 0 Å². The molecular formula is C17H17N3O. The molecule has 0 spiro atoms. The van der Waals surface area contributed by atoms with Gasteiger partial charge in [0.2, 0.25) is 0 Å². The van der Waals surface area contributed by atoms with Crippen molar-refractivity contribution in [1.82, 2.24) is 10.3 Å². The number of nitrogens with one attached hydrogen (secondary N) is 1. The minimum Gasteiger partial charge on any atom is -0.344 e. The van der Waals surface area contributed by atoms with E-state index in [1.54, 1.807) is 30.5 Å². The Balaban J connectivity index is 2.20. The minimum atomic E-state index is -0.249. The molecule has 2 rings (SSSR count). The van der Waals surface area contributed by atoms with E-state index in [1.807, 2.05) is 32.0 Å². The zero-order valence-electron chi connectivity index (χ0n) is 12.1. The first-order valence-corrected chi connectivity index (χ1v) is 6.88. The van der Waals surface area contributed by atoms with Crippen molar-refractivity contribution in [2.24, 2.45) is 0 Å². The van der Waals surface area contributed by atoms with Crippen LogP contribution in [0, 0.1) is 18.3 Å². The van der Waals surface area contributed by atoms with Gasteiger partial charge in [0.15, 0.2) is 0 Å². The smallest absolute Gasteiger partial charge is 0.253 e. The normalized spacial score (nSPS) is 11.5. The van der Waals surface area contributed by atoms with Crippen LogP contribution in [-0.4, -0.2) is 10.9 Å². The van der Waals surface area contributed by atoms with Gasteiger partial charge in [-0.1, -0.05) is 25.1 Å². The average molecular weight is 279 g/mol. The van der Waals surface area contributed by atoms with E-state index in [-0.39, 0.29) is 11.9 Å². The molecule has 0 aliphatic carbocycles. The molecule has 1 aromatic carbocycles. The third-order valence-corrected chi connectivity index (χ3v) is 3.30. The molecule has 1 heterocycles. The van der Waals surface area contributed by atoms with Gasteiger partial charge >= 0.3 is 0 Å². The van der Waals surface area contributed by atoms with Crippen LogP contribution in [0.2, 0.25) is 0 Å². The van der Waals surface area contributed by atoms with Crippen LogP contribution in [-0.2, 0) is 0 Å². The van der Waals surface area contributed by atoms with Crippen molar-refractivity contribution >= 4 is 5.91 Å². The van der Waals surface area contributed by atoms with Gasteiger partial charge < -0.3 is 5.32 Å². The van der Waals surface area contributed by atoms with E-state index in [0.29, 0.717) is 11.1 Å². The number of aryl methyl sites for hydroxylation is 1. The Kier molecular flexibility index (Phi) is 4.68. The van der Waals surface area contributed by atoms with E-state index >= 15 is 0 Å². The number of carbonyl (C=O) groups excluding carboxylic acids is 1. The van der Waals surface area contributed by atoms with Gasteiger partial charge in [-0.15, -0.1) is 0 Å². The van der Waals surface area contributed by atoms with Crippen molar-refractivity contribution in [1.29, 1.82) is 5.26 Å². The summed E-state index contributed by atoms with van der Waals surface area (Å²) in [4.78, 5) is 16.7. The second kappa shape index (κ2) is 6.67. The number of hydrogen-bond acceptors (Lipinski definition) is 3. The first-order chi connectivity index (χ1) is 10.2. The predicted molar refractivity (Wildman–Crippen MR) is 80.6 cm³/mol. The summed E-state index contributed by atoms with van der Waals surface area (Å²) in [7, 11) is 0. The lowest BCUT2D eigenvalue weighted by molar-refractivity contribution is 0.0934. The third kappa shape index (κ3) is 3.46. The van der Waals surface area contributed by atoms with Gasteiger partial charge in [-0.25, -0.2) is 0 Å². The number of nitriles is 1. The number of rotatable bonds is 4. The molecule has 0 aliphatic rings. The molecular weight excluding hydrogens is 262 g/mol. The highest BCUT2D eigenvalue weighted by molar-refractivity contribution is 5.96. The second-order valence-corrected chi connectivity index (χ2v) is 4.85. The molecule has 4 heteroatoms. The van der Waals surface area contributed by atoms with Crippen LogP contribution in [0.1, 0.15) is 46.6 Å². The average Bonchev–Trinajstić information content (AvgIpc) is 2.53. The molecule has 0 aliphatic heterocycles. The van der Waals surface area contributed by atoms with Crippen molar-refractivity contribution in [2.75, 3.05) is 0 Å². The number of carbonyl (C=O) groups is 1. The van der Waals surface area contributed by atoms with E-state index in [9.17, 15) is 4.79 Å². The molecule has 0 unspecified atom stereocenters. The van der Waals surface area contributed by atoms with Crippen molar-refractivity contribution in [2.45, 2.75) is 26.3 Å². The van der Waals surface area contributed by atoms with E-state index in [0.717, 1.165) is 17.7 Å². The molecule has 106 valence electrons. The Morgan fingerprint density at radius 1 is 1.33 bits per heavy atom. The lowest BCUT2D eigenvalue weighted by Crippen LogP contribution is -2.29. The lowest BCUT2D eigenvalue weighted by Gasteiger charge is -2.17. The van der Waals surface area contributed by atoms with E-state index < -0.39 is 0 Å². The Morgan fingerprint density at radius 2 is 2.10 bits per heavy atom. The van der Waals surface area contributed by atoms with Crippen molar-refractivity contribution in [3.05, 3.63) is 65.0 Å². The van der Waals surface area contributed by atoms with Crippen molar-refractivity contribution in [3.8, 4) is 6.07 Å². The Morgan fingerprint density at radius 3 is 2.71 bits per heavy atom. The summed E-state index contributed by atoms with van der Waals surface area (Å²) < 4.78 is 0. The first-order valence-electron chi connectivity index (χ1n) is 6.88. The van der Waals surface area contributed by atoms with Crippen LogP contribution in [0.15, 0.2) is 42.6 Å². The second-order valence-electron chi connectivity index (χ2n) is 4.85. The van der Waals surface area contributed by atoms with Gasteiger partial charge in [0, 0.05) is 6.20 Å². The van der Waals surface area contributed by atoms with Crippen LogP contribution in [0.25, 0.3) is 0 Å². The molecule has 4 nitrogen and oxygen atoms in total. The fourth-order valence-electron chi connectivity index (χ4n) is 2.09. The van der Waals surface area contributed by atoms with Crippen LogP contribution < -0.4 is 5.32 Å². The summed E-state index contributed by atoms with van der Waals surface area (Å²) in [6.07, 6.45) is 2.52. The number of nitrogens with zero attached hydrogens (tertiary/aromatic N) is 2. The maximum absolute atomic E-state index is 12.3. The fourth-order valence-corrected chi connectivity index (χ4v) is 2.09. The Bertz CT molecular complexity index is 671. The number of hydrogen-bond donors (Lipinski definition) is 1. The molecule has 1 atom stereocenters. The highest BCUT2D eigenvalue weighted by Gasteiger charge is 2.17. The van der Waals surface area contributed by atoms with Crippen molar-refractivity contribution < 1.29 is 4.79 Å². The van der Waals surface area contributed by atoms with E-state index in [2.05, 4.69) is 10.3 Å². The van der Waals surface area contributed by atoms with Crippen molar-refractivity contribution in [3.63, 3.8) is 0 Å². The monoisotopic (exact) mass is 279 g/mol. The summed E-state index contributed by atoms with van der Waals surface area (Å²) in [5, 5.41) is 12.0. The predicted octanol–water partition coefficient (Wildman–Crippen LogP) is 3.14.